The molecule has 0 fully saturated rings. The zero-order valence-electron chi connectivity index (χ0n) is 35.9. The standard InChI is InChI=1S/C45H58N2O12/c1-13-18-47-26(8)30(27(9)48)32-35-40(53)33-31(36(32)47)34-42(25(7)39(33)52)59-45(11,43(34)54)57-19-17-29(56-12)22(4)41(58-28(10)49)24(6)38(51)23(5)37(50)20(2)15-14-16-21(3)44(55)46-35/h14-17,19-20,22-24,29,37-38,41,50-53H,13,18H2,1-12H3,(H,46,55). The Morgan fingerprint density at radius 3 is 2.19 bits per heavy atom. The molecule has 14 heteroatoms. The Balaban J connectivity index is 1.82. The maximum atomic E-state index is 14.7. The van der Waals surface area contributed by atoms with Gasteiger partial charge in [0.15, 0.2) is 11.5 Å². The normalized spacial score (nSPS) is 28.1. The van der Waals surface area contributed by atoms with Gasteiger partial charge in [-0.05, 0) is 40.2 Å². The van der Waals surface area contributed by atoms with E-state index in [1.54, 1.807) is 53.7 Å². The lowest BCUT2D eigenvalue weighted by atomic mass is 9.78. The molecular weight excluding hydrogens is 760 g/mol. The molecule has 59 heavy (non-hydrogen) atoms. The number of carbonyl (C=O) groups excluding carboxylic acids is 4. The van der Waals surface area contributed by atoms with E-state index in [4.69, 9.17) is 18.9 Å². The fourth-order valence-electron chi connectivity index (χ4n) is 8.65. The number of fused-ring (bicyclic) bond motifs is 1. The van der Waals surface area contributed by atoms with Crippen molar-refractivity contribution in [2.45, 2.75) is 119 Å². The number of aliphatic hydroxyl groups excluding tert-OH is 2. The van der Waals surface area contributed by atoms with E-state index in [1.165, 1.54) is 53.2 Å². The predicted molar refractivity (Wildman–Crippen MR) is 223 cm³/mol. The Morgan fingerprint density at radius 1 is 0.932 bits per heavy atom. The number of aryl methyl sites for hydroxylation is 1. The van der Waals surface area contributed by atoms with Crippen LogP contribution < -0.4 is 10.1 Å². The third-order valence-electron chi connectivity index (χ3n) is 12.1. The average Bonchev–Trinajstić information content (AvgIpc) is 3.62. The summed E-state index contributed by atoms with van der Waals surface area (Å²) in [5, 5.41) is 49.9. The number of ketones is 2. The topological polar surface area (TPSA) is 203 Å². The van der Waals surface area contributed by atoms with E-state index in [2.05, 4.69) is 5.32 Å². The summed E-state index contributed by atoms with van der Waals surface area (Å²) in [6, 6.07) is 0. The second-order valence-corrected chi connectivity index (χ2v) is 16.2. The molecule has 5 rings (SSSR count). The SMILES string of the molecule is CCCn1c(C)c(C(C)=O)c2c3c(O)c4c(O)c(C)c5c(c4c21)C(=O)C(C)(OC=CC(OC)C(C)C(OC(C)=O)C(C)C(O)C(C)C(O)C(C)C=CC=C(C)C(=O)N3)O5. The quantitative estimate of drug-likeness (QED) is 0.101. The Labute approximate surface area is 344 Å². The maximum Gasteiger partial charge on any atom is 0.312 e. The first-order valence-corrected chi connectivity index (χ1v) is 20.0. The minimum Gasteiger partial charge on any atom is -0.507 e. The van der Waals surface area contributed by atoms with Crippen LogP contribution in [0.1, 0.15) is 101 Å². The molecule has 0 saturated carbocycles. The summed E-state index contributed by atoms with van der Waals surface area (Å²) in [6.07, 6.45) is 4.34. The number of nitrogens with one attached hydrogen (secondary N) is 1. The number of Topliss-reactive ketones (excluding diaryl/α,β-unsaturated/α-hetero) is 2. The van der Waals surface area contributed by atoms with Gasteiger partial charge >= 0.3 is 11.8 Å². The number of hydrogen-bond donors (Lipinski definition) is 5. The van der Waals surface area contributed by atoms with Crippen molar-refractivity contribution in [2.24, 2.45) is 23.7 Å². The van der Waals surface area contributed by atoms with Crippen LogP contribution in [0.25, 0.3) is 21.7 Å². The maximum absolute atomic E-state index is 14.7. The summed E-state index contributed by atoms with van der Waals surface area (Å²) in [5.74, 6) is -7.61. The number of anilines is 1. The molecule has 4 bridgehead atoms. The van der Waals surface area contributed by atoms with Crippen molar-refractivity contribution in [3.05, 3.63) is 58.5 Å². The second-order valence-electron chi connectivity index (χ2n) is 16.2. The van der Waals surface area contributed by atoms with Crippen molar-refractivity contribution in [2.75, 3.05) is 12.4 Å². The number of allylic oxidation sites excluding steroid dienone is 2. The van der Waals surface area contributed by atoms with Crippen molar-refractivity contribution >= 4 is 50.8 Å². The van der Waals surface area contributed by atoms with Gasteiger partial charge in [-0.25, -0.2) is 0 Å². The number of phenols is 2. The molecule has 2 aliphatic heterocycles. The van der Waals surface area contributed by atoms with Crippen molar-refractivity contribution in [3.63, 3.8) is 0 Å². The third-order valence-corrected chi connectivity index (χ3v) is 12.1. The van der Waals surface area contributed by atoms with Gasteiger partial charge in [0.1, 0.15) is 17.6 Å². The molecule has 1 amide bonds. The van der Waals surface area contributed by atoms with Crippen LogP contribution in [0.3, 0.4) is 0 Å². The number of methoxy groups -OCH3 is 1. The van der Waals surface area contributed by atoms with E-state index in [0.717, 1.165) is 0 Å². The van der Waals surface area contributed by atoms with Gasteiger partial charge in [-0.2, -0.15) is 0 Å². The van der Waals surface area contributed by atoms with E-state index >= 15 is 0 Å². The van der Waals surface area contributed by atoms with Crippen molar-refractivity contribution in [3.8, 4) is 17.2 Å². The Kier molecular flexibility index (Phi) is 13.1. The van der Waals surface area contributed by atoms with E-state index < -0.39 is 83.0 Å². The van der Waals surface area contributed by atoms with Gasteiger partial charge < -0.3 is 49.3 Å². The van der Waals surface area contributed by atoms with Crippen molar-refractivity contribution in [1.82, 2.24) is 4.57 Å². The molecule has 2 aromatic carbocycles. The highest BCUT2D eigenvalue weighted by Gasteiger charge is 2.50. The predicted octanol–water partition coefficient (Wildman–Crippen LogP) is 6.92. The Morgan fingerprint density at radius 2 is 1.59 bits per heavy atom. The summed E-state index contributed by atoms with van der Waals surface area (Å²) >= 11 is 0. The number of rotatable bonds is 5. The molecule has 0 aliphatic carbocycles. The first-order chi connectivity index (χ1) is 27.6. The van der Waals surface area contributed by atoms with Gasteiger partial charge in [0, 0.05) is 84.3 Å². The lowest BCUT2D eigenvalue weighted by molar-refractivity contribution is -0.160. The summed E-state index contributed by atoms with van der Waals surface area (Å²) in [4.78, 5) is 54.5. The zero-order valence-corrected chi connectivity index (χ0v) is 35.9. The molecule has 9 unspecified atom stereocenters. The van der Waals surface area contributed by atoms with Crippen LogP contribution in [0.5, 0.6) is 17.2 Å². The number of aromatic nitrogens is 1. The number of hydrogen-bond acceptors (Lipinski definition) is 12. The molecule has 2 aliphatic rings. The number of ether oxygens (including phenoxy) is 4. The fraction of sp³-hybridized carbons (Fsp3) is 0.511. The smallest absolute Gasteiger partial charge is 0.312 e. The number of aliphatic hydroxyl groups is 2. The minimum atomic E-state index is -1.99. The van der Waals surface area contributed by atoms with Gasteiger partial charge in [-0.1, -0.05) is 52.8 Å². The van der Waals surface area contributed by atoms with Crippen LogP contribution >= 0.6 is 0 Å². The van der Waals surface area contributed by atoms with Gasteiger partial charge in [0.05, 0.1) is 46.7 Å². The van der Waals surface area contributed by atoms with E-state index in [-0.39, 0.29) is 55.6 Å². The highest BCUT2D eigenvalue weighted by atomic mass is 16.7. The number of benzene rings is 2. The van der Waals surface area contributed by atoms with Crippen LogP contribution in [0.2, 0.25) is 0 Å². The highest BCUT2D eigenvalue weighted by molar-refractivity contribution is 6.31. The molecule has 0 saturated heterocycles. The second kappa shape index (κ2) is 17.2. The number of carbonyl (C=O) groups is 4. The van der Waals surface area contributed by atoms with Crippen LogP contribution in [-0.2, 0) is 30.3 Å². The highest BCUT2D eigenvalue weighted by Crippen LogP contribution is 2.55. The average molecular weight is 819 g/mol. The number of aromatic hydroxyl groups is 2. The van der Waals surface area contributed by atoms with E-state index in [1.807, 2.05) is 11.5 Å². The molecule has 14 nitrogen and oxygen atoms in total. The number of nitrogens with zero attached hydrogens (tertiary/aromatic N) is 1. The minimum absolute atomic E-state index is 0.00447. The van der Waals surface area contributed by atoms with Crippen LogP contribution in [0.4, 0.5) is 5.69 Å². The van der Waals surface area contributed by atoms with Gasteiger partial charge in [0.2, 0.25) is 0 Å². The largest absolute Gasteiger partial charge is 0.507 e. The first-order valence-electron chi connectivity index (χ1n) is 20.0. The van der Waals surface area contributed by atoms with Gasteiger partial charge in [-0.15, -0.1) is 0 Å². The zero-order chi connectivity index (χ0) is 44.0. The summed E-state index contributed by atoms with van der Waals surface area (Å²) < 4.78 is 25.8. The van der Waals surface area contributed by atoms with Gasteiger partial charge in [-0.3, -0.25) is 19.2 Å². The molecule has 5 N–H and O–H groups in total. The molecular formula is C45H58N2O12. The number of phenolic OH excluding ortho intramolecular Hbond substituents is 2. The Bertz CT molecular complexity index is 2290. The first kappa shape index (κ1) is 44.9. The third kappa shape index (κ3) is 7.85. The fourth-order valence-corrected chi connectivity index (χ4v) is 8.65. The lowest BCUT2D eigenvalue weighted by Gasteiger charge is -2.38. The number of amides is 1. The van der Waals surface area contributed by atoms with Crippen LogP contribution in [0.15, 0.2) is 36.1 Å². The molecule has 1 aromatic heterocycles. The summed E-state index contributed by atoms with van der Waals surface area (Å²) in [6.45, 7) is 18.2. The van der Waals surface area contributed by atoms with Crippen LogP contribution in [0, 0.1) is 37.5 Å². The molecule has 0 radical (unpaired) electrons. The molecule has 0 spiro atoms. The molecule has 9 atom stereocenters. The lowest BCUT2D eigenvalue weighted by Crippen LogP contribution is -2.46. The van der Waals surface area contributed by atoms with Crippen LogP contribution in [-0.4, -0.2) is 85.7 Å². The number of esters is 1. The van der Waals surface area contributed by atoms with Crippen molar-refractivity contribution in [1.29, 1.82) is 0 Å². The molecule has 320 valence electrons. The summed E-state index contributed by atoms with van der Waals surface area (Å²) in [7, 11) is 1.45. The van der Waals surface area contributed by atoms with Gasteiger partial charge in [0.25, 0.3) is 11.7 Å². The van der Waals surface area contributed by atoms with E-state index in [9.17, 15) is 39.6 Å². The molecule has 3 aromatic rings. The van der Waals surface area contributed by atoms with E-state index in [0.29, 0.717) is 24.2 Å². The Hall–Kier alpha value is -5.18. The van der Waals surface area contributed by atoms with Crippen molar-refractivity contribution < 1.29 is 58.6 Å². The monoisotopic (exact) mass is 818 g/mol. The summed E-state index contributed by atoms with van der Waals surface area (Å²) in [5.41, 5.74) is 1.28. The molecule has 3 heterocycles.